The Kier molecular flexibility index (Phi) is 6.12. The molecule has 0 saturated heterocycles. The number of carbonyl (C=O) groups excluding carboxylic acids is 1. The summed E-state index contributed by atoms with van der Waals surface area (Å²) >= 11 is 0. The van der Waals surface area contributed by atoms with Crippen LogP contribution in [0.2, 0.25) is 0 Å². The van der Waals surface area contributed by atoms with E-state index in [4.69, 9.17) is 4.42 Å². The highest BCUT2D eigenvalue weighted by Crippen LogP contribution is 2.17. The van der Waals surface area contributed by atoms with Gasteiger partial charge in [0, 0.05) is 18.5 Å². The topological polar surface area (TPSA) is 54.3 Å². The normalized spacial score (nSPS) is 17.9. The average molecular weight is 278 g/mol. The smallest absolute Gasteiger partial charge is 0.234 e. The van der Waals surface area contributed by atoms with E-state index in [1.807, 2.05) is 12.1 Å². The molecule has 1 unspecified atom stereocenters. The summed E-state index contributed by atoms with van der Waals surface area (Å²) in [5.74, 6) is 1.13. The van der Waals surface area contributed by atoms with Gasteiger partial charge in [-0.1, -0.05) is 19.3 Å². The highest BCUT2D eigenvalue weighted by Gasteiger charge is 2.15. The maximum atomic E-state index is 11.9. The minimum absolute atomic E-state index is 0.127. The molecule has 1 aliphatic rings. The number of aryl methyl sites for hydroxylation is 1. The van der Waals surface area contributed by atoms with Gasteiger partial charge in [-0.05, 0) is 38.3 Å². The van der Waals surface area contributed by atoms with Crippen LogP contribution in [-0.4, -0.2) is 24.5 Å². The predicted molar refractivity (Wildman–Crippen MR) is 79.5 cm³/mol. The second kappa shape index (κ2) is 8.10. The predicted octanol–water partition coefficient (Wildman–Crippen LogP) is 2.64. The Morgan fingerprint density at radius 3 is 2.90 bits per heavy atom. The van der Waals surface area contributed by atoms with Crippen LogP contribution in [0.3, 0.4) is 0 Å². The van der Waals surface area contributed by atoms with Crippen LogP contribution in [0.1, 0.15) is 51.2 Å². The van der Waals surface area contributed by atoms with E-state index in [0.717, 1.165) is 31.4 Å². The van der Waals surface area contributed by atoms with Gasteiger partial charge >= 0.3 is 0 Å². The average Bonchev–Trinajstić information content (AvgIpc) is 2.97. The van der Waals surface area contributed by atoms with Crippen LogP contribution in [0, 0.1) is 0 Å². The molecular weight excluding hydrogens is 252 g/mol. The number of nitrogens with one attached hydrogen (secondary N) is 2. The van der Waals surface area contributed by atoms with Gasteiger partial charge in [-0.2, -0.15) is 0 Å². The van der Waals surface area contributed by atoms with Crippen LogP contribution in [0.15, 0.2) is 22.8 Å². The van der Waals surface area contributed by atoms with Gasteiger partial charge in [0.2, 0.25) is 5.91 Å². The molecule has 1 aromatic rings. The number of hydrogen-bond donors (Lipinski definition) is 2. The van der Waals surface area contributed by atoms with Gasteiger partial charge in [0.05, 0.1) is 12.8 Å². The van der Waals surface area contributed by atoms with Crippen LogP contribution in [0.4, 0.5) is 0 Å². The van der Waals surface area contributed by atoms with Crippen molar-refractivity contribution in [1.29, 1.82) is 0 Å². The molecule has 1 saturated carbocycles. The molecule has 20 heavy (non-hydrogen) atoms. The quantitative estimate of drug-likeness (QED) is 0.806. The highest BCUT2D eigenvalue weighted by atomic mass is 16.3. The van der Waals surface area contributed by atoms with Crippen molar-refractivity contribution in [3.8, 4) is 0 Å². The third-order valence-electron chi connectivity index (χ3n) is 3.99. The lowest BCUT2D eigenvalue weighted by molar-refractivity contribution is -0.121. The Labute approximate surface area is 121 Å². The molecule has 1 fully saturated rings. The van der Waals surface area contributed by atoms with Gasteiger partial charge in [0.15, 0.2) is 0 Å². The molecule has 1 amide bonds. The molecule has 1 aliphatic carbocycles. The molecule has 0 aromatic carbocycles. The summed E-state index contributed by atoms with van der Waals surface area (Å²) in [5.41, 5.74) is 0. The van der Waals surface area contributed by atoms with Crippen molar-refractivity contribution < 1.29 is 9.21 Å². The van der Waals surface area contributed by atoms with Crippen molar-refractivity contribution in [3.63, 3.8) is 0 Å². The second-order valence-corrected chi connectivity index (χ2v) is 5.80. The van der Waals surface area contributed by atoms with Crippen LogP contribution in [-0.2, 0) is 11.2 Å². The monoisotopic (exact) mass is 278 g/mol. The second-order valence-electron chi connectivity index (χ2n) is 5.80. The van der Waals surface area contributed by atoms with Gasteiger partial charge in [-0.3, -0.25) is 4.79 Å². The molecule has 4 nitrogen and oxygen atoms in total. The van der Waals surface area contributed by atoms with Crippen molar-refractivity contribution >= 4 is 5.91 Å². The van der Waals surface area contributed by atoms with Crippen LogP contribution < -0.4 is 10.6 Å². The van der Waals surface area contributed by atoms with E-state index in [2.05, 4.69) is 17.6 Å². The SMILES string of the molecule is CC(CCc1ccco1)NCC(=O)NC1CCCCC1. The number of amides is 1. The zero-order chi connectivity index (χ0) is 14.2. The van der Waals surface area contributed by atoms with E-state index < -0.39 is 0 Å². The van der Waals surface area contributed by atoms with Gasteiger partial charge in [0.25, 0.3) is 0 Å². The van der Waals surface area contributed by atoms with Gasteiger partial charge in [0.1, 0.15) is 5.76 Å². The van der Waals surface area contributed by atoms with Gasteiger partial charge in [-0.25, -0.2) is 0 Å². The zero-order valence-electron chi connectivity index (χ0n) is 12.4. The molecule has 4 heteroatoms. The minimum Gasteiger partial charge on any atom is -0.469 e. The fourth-order valence-corrected chi connectivity index (χ4v) is 2.71. The Hall–Kier alpha value is -1.29. The molecular formula is C16H26N2O2. The highest BCUT2D eigenvalue weighted by molar-refractivity contribution is 5.78. The summed E-state index contributed by atoms with van der Waals surface area (Å²) in [6.07, 6.45) is 9.67. The molecule has 2 rings (SSSR count). The fraction of sp³-hybridized carbons (Fsp3) is 0.688. The number of carbonyl (C=O) groups is 1. The van der Waals surface area contributed by atoms with E-state index in [1.54, 1.807) is 6.26 Å². The van der Waals surface area contributed by atoms with Crippen molar-refractivity contribution in [1.82, 2.24) is 10.6 Å². The van der Waals surface area contributed by atoms with Crippen LogP contribution in [0.25, 0.3) is 0 Å². The lowest BCUT2D eigenvalue weighted by atomic mass is 9.95. The van der Waals surface area contributed by atoms with Crippen molar-refractivity contribution in [3.05, 3.63) is 24.2 Å². The number of furan rings is 1. The first kappa shape index (κ1) is 15.1. The first-order valence-corrected chi connectivity index (χ1v) is 7.79. The van der Waals surface area contributed by atoms with Crippen molar-refractivity contribution in [2.75, 3.05) is 6.54 Å². The lowest BCUT2D eigenvalue weighted by Crippen LogP contribution is -2.43. The summed E-state index contributed by atoms with van der Waals surface area (Å²) in [4.78, 5) is 11.9. The molecule has 0 bridgehead atoms. The molecule has 1 atom stereocenters. The van der Waals surface area contributed by atoms with E-state index in [1.165, 1.54) is 19.3 Å². The molecule has 0 aliphatic heterocycles. The van der Waals surface area contributed by atoms with E-state index in [0.29, 0.717) is 18.6 Å². The van der Waals surface area contributed by atoms with E-state index >= 15 is 0 Å². The maximum absolute atomic E-state index is 11.9. The summed E-state index contributed by atoms with van der Waals surface area (Å²) in [5, 5.41) is 6.40. The van der Waals surface area contributed by atoms with Gasteiger partial charge < -0.3 is 15.1 Å². The van der Waals surface area contributed by atoms with Crippen molar-refractivity contribution in [2.45, 2.75) is 64.0 Å². The maximum Gasteiger partial charge on any atom is 0.234 e. The Morgan fingerprint density at radius 2 is 2.20 bits per heavy atom. The molecule has 0 spiro atoms. The van der Waals surface area contributed by atoms with Crippen LogP contribution in [0.5, 0.6) is 0 Å². The zero-order valence-corrected chi connectivity index (χ0v) is 12.4. The third-order valence-corrected chi connectivity index (χ3v) is 3.99. The minimum atomic E-state index is 0.127. The molecule has 112 valence electrons. The number of rotatable bonds is 7. The molecule has 0 radical (unpaired) electrons. The first-order valence-electron chi connectivity index (χ1n) is 7.79. The molecule has 1 aromatic heterocycles. The first-order chi connectivity index (χ1) is 9.74. The summed E-state index contributed by atoms with van der Waals surface area (Å²) in [7, 11) is 0. The lowest BCUT2D eigenvalue weighted by Gasteiger charge is -2.23. The Balaban J connectivity index is 1.57. The Bertz CT molecular complexity index is 383. The summed E-state index contributed by atoms with van der Waals surface area (Å²) < 4.78 is 5.30. The standard InChI is InChI=1S/C16H26N2O2/c1-13(9-10-15-8-5-11-20-15)17-12-16(19)18-14-6-3-2-4-7-14/h5,8,11,13-14,17H,2-4,6-7,9-10,12H2,1H3,(H,18,19). The third kappa shape index (κ3) is 5.37. The summed E-state index contributed by atoms with van der Waals surface area (Å²) in [6, 6.07) is 4.61. The van der Waals surface area contributed by atoms with Crippen LogP contribution >= 0.6 is 0 Å². The largest absolute Gasteiger partial charge is 0.469 e. The molecule has 2 N–H and O–H groups in total. The van der Waals surface area contributed by atoms with Gasteiger partial charge in [-0.15, -0.1) is 0 Å². The van der Waals surface area contributed by atoms with E-state index in [9.17, 15) is 4.79 Å². The molecule has 1 heterocycles. The van der Waals surface area contributed by atoms with Crippen molar-refractivity contribution in [2.24, 2.45) is 0 Å². The fourth-order valence-electron chi connectivity index (χ4n) is 2.71. The van der Waals surface area contributed by atoms with E-state index in [-0.39, 0.29) is 5.91 Å². The summed E-state index contributed by atoms with van der Waals surface area (Å²) in [6.45, 7) is 2.52. The number of hydrogen-bond acceptors (Lipinski definition) is 3. The Morgan fingerprint density at radius 1 is 1.40 bits per heavy atom.